The number of pyridine rings is 1. The Bertz CT molecular complexity index is 802. The second-order valence-corrected chi connectivity index (χ2v) is 5.20. The van der Waals surface area contributed by atoms with E-state index in [2.05, 4.69) is 11.1 Å². The van der Waals surface area contributed by atoms with Gasteiger partial charge in [-0.3, -0.25) is 4.79 Å². The quantitative estimate of drug-likeness (QED) is 0.791. The second-order valence-electron chi connectivity index (χ2n) is 5.20. The first kappa shape index (κ1) is 14.1. The van der Waals surface area contributed by atoms with Crippen LogP contribution in [-0.2, 0) is 6.61 Å². The van der Waals surface area contributed by atoms with Gasteiger partial charge in [0.2, 0.25) is 5.56 Å². The lowest BCUT2D eigenvalue weighted by molar-refractivity contribution is 0.304. The lowest BCUT2D eigenvalue weighted by atomic mass is 10.0. The van der Waals surface area contributed by atoms with Crippen LogP contribution in [-0.4, -0.2) is 4.98 Å². The largest absolute Gasteiger partial charge is 0.489 e. The van der Waals surface area contributed by atoms with Crippen molar-refractivity contribution in [2.24, 2.45) is 0 Å². The number of rotatable bonds is 4. The summed E-state index contributed by atoms with van der Waals surface area (Å²) in [4.78, 5) is 13.8. The van der Waals surface area contributed by atoms with Crippen LogP contribution in [0.4, 0.5) is 0 Å². The number of aryl methyl sites for hydroxylation is 1. The molecule has 0 atom stereocenters. The zero-order valence-corrected chi connectivity index (χ0v) is 12.4. The lowest BCUT2D eigenvalue weighted by Gasteiger charge is -2.11. The van der Waals surface area contributed by atoms with Crippen LogP contribution in [0.2, 0.25) is 0 Å². The van der Waals surface area contributed by atoms with Crippen molar-refractivity contribution in [3.63, 3.8) is 0 Å². The maximum Gasteiger partial charge on any atom is 0.247 e. The van der Waals surface area contributed by atoms with Gasteiger partial charge in [-0.25, -0.2) is 0 Å². The normalized spacial score (nSPS) is 10.4. The van der Waals surface area contributed by atoms with E-state index in [1.165, 1.54) is 6.07 Å². The molecule has 1 heterocycles. The van der Waals surface area contributed by atoms with Crippen LogP contribution >= 0.6 is 0 Å². The molecular formula is C19H17NO2. The first-order valence-electron chi connectivity index (χ1n) is 7.19. The van der Waals surface area contributed by atoms with Gasteiger partial charge in [0.25, 0.3) is 0 Å². The summed E-state index contributed by atoms with van der Waals surface area (Å²) in [6.45, 7) is 2.58. The third-order valence-electron chi connectivity index (χ3n) is 3.53. The first-order valence-corrected chi connectivity index (χ1v) is 7.19. The maximum absolute atomic E-state index is 11.1. The van der Waals surface area contributed by atoms with Gasteiger partial charge in [-0.1, -0.05) is 36.4 Å². The number of ether oxygens (including phenoxy) is 1. The number of aromatic nitrogens is 1. The summed E-state index contributed by atoms with van der Waals surface area (Å²) in [7, 11) is 0. The summed E-state index contributed by atoms with van der Waals surface area (Å²) in [5.74, 6) is 0.872. The molecule has 0 bridgehead atoms. The number of hydrogen-bond donors (Lipinski definition) is 1. The number of hydrogen-bond acceptors (Lipinski definition) is 2. The Morgan fingerprint density at radius 1 is 0.955 bits per heavy atom. The van der Waals surface area contributed by atoms with Crippen molar-refractivity contribution in [1.29, 1.82) is 0 Å². The molecule has 22 heavy (non-hydrogen) atoms. The lowest BCUT2D eigenvalue weighted by Crippen LogP contribution is -2.01. The summed E-state index contributed by atoms with van der Waals surface area (Å²) in [5.41, 5.74) is 4.16. The predicted molar refractivity (Wildman–Crippen MR) is 88.0 cm³/mol. The molecule has 0 radical (unpaired) electrons. The molecule has 2 aromatic carbocycles. The molecule has 0 aliphatic heterocycles. The number of nitrogens with one attached hydrogen (secondary N) is 1. The summed E-state index contributed by atoms with van der Waals surface area (Å²) < 4.78 is 5.88. The van der Waals surface area contributed by atoms with Gasteiger partial charge in [-0.15, -0.1) is 0 Å². The van der Waals surface area contributed by atoms with Gasteiger partial charge in [-0.2, -0.15) is 0 Å². The van der Waals surface area contributed by atoms with Crippen LogP contribution in [0.1, 0.15) is 11.1 Å². The summed E-state index contributed by atoms with van der Waals surface area (Å²) in [6.07, 6.45) is 1.72. The molecule has 0 unspecified atom stereocenters. The Balaban J connectivity index is 1.77. The molecule has 3 aromatic rings. The van der Waals surface area contributed by atoms with E-state index in [1.807, 2.05) is 55.5 Å². The molecule has 1 aromatic heterocycles. The second kappa shape index (κ2) is 6.31. The molecule has 0 spiro atoms. The van der Waals surface area contributed by atoms with Crippen LogP contribution in [0.3, 0.4) is 0 Å². The summed E-state index contributed by atoms with van der Waals surface area (Å²) >= 11 is 0. The number of benzene rings is 2. The van der Waals surface area contributed by atoms with Crippen LogP contribution in [0.25, 0.3) is 11.1 Å². The highest BCUT2D eigenvalue weighted by atomic mass is 16.5. The molecule has 0 fully saturated rings. The van der Waals surface area contributed by atoms with E-state index in [4.69, 9.17) is 4.74 Å². The fraction of sp³-hybridized carbons (Fsp3) is 0.105. The zero-order chi connectivity index (χ0) is 15.4. The van der Waals surface area contributed by atoms with Crippen molar-refractivity contribution in [2.75, 3.05) is 0 Å². The smallest absolute Gasteiger partial charge is 0.247 e. The highest BCUT2D eigenvalue weighted by Gasteiger charge is 2.04. The van der Waals surface area contributed by atoms with E-state index in [0.717, 1.165) is 28.0 Å². The molecule has 3 rings (SSSR count). The zero-order valence-electron chi connectivity index (χ0n) is 12.4. The fourth-order valence-corrected chi connectivity index (χ4v) is 2.32. The molecule has 0 saturated carbocycles. The minimum atomic E-state index is -0.0942. The Morgan fingerprint density at radius 2 is 1.73 bits per heavy atom. The third kappa shape index (κ3) is 3.26. The minimum absolute atomic E-state index is 0.0942. The molecule has 0 amide bonds. The summed E-state index contributed by atoms with van der Waals surface area (Å²) in [6, 6.07) is 19.5. The van der Waals surface area contributed by atoms with Crippen molar-refractivity contribution in [3.8, 4) is 16.9 Å². The third-order valence-corrected chi connectivity index (χ3v) is 3.53. The molecule has 110 valence electrons. The molecule has 3 nitrogen and oxygen atoms in total. The van der Waals surface area contributed by atoms with Gasteiger partial charge < -0.3 is 9.72 Å². The first-order chi connectivity index (χ1) is 10.7. The van der Waals surface area contributed by atoms with E-state index in [0.29, 0.717) is 6.61 Å². The Kier molecular flexibility index (Phi) is 4.05. The average Bonchev–Trinajstić information content (AvgIpc) is 2.55. The SMILES string of the molecule is Cc1cc(-c2ccc(=O)[nH]c2)ccc1OCc1ccccc1. The van der Waals surface area contributed by atoms with Crippen molar-refractivity contribution in [3.05, 3.63) is 88.3 Å². The predicted octanol–water partition coefficient (Wildman–Crippen LogP) is 3.93. The molecular weight excluding hydrogens is 274 g/mol. The van der Waals surface area contributed by atoms with Crippen LogP contribution in [0.5, 0.6) is 5.75 Å². The highest BCUT2D eigenvalue weighted by Crippen LogP contribution is 2.26. The van der Waals surface area contributed by atoms with Gasteiger partial charge in [0.1, 0.15) is 12.4 Å². The highest BCUT2D eigenvalue weighted by molar-refractivity contribution is 5.64. The van der Waals surface area contributed by atoms with Gasteiger partial charge in [-0.05, 0) is 47.4 Å². The van der Waals surface area contributed by atoms with E-state index >= 15 is 0 Å². The van der Waals surface area contributed by atoms with Crippen molar-refractivity contribution in [1.82, 2.24) is 4.98 Å². The minimum Gasteiger partial charge on any atom is -0.489 e. The van der Waals surface area contributed by atoms with Gasteiger partial charge in [0, 0.05) is 12.3 Å². The van der Waals surface area contributed by atoms with E-state index in [-0.39, 0.29) is 5.56 Å². The number of aromatic amines is 1. The Morgan fingerprint density at radius 3 is 2.41 bits per heavy atom. The van der Waals surface area contributed by atoms with Gasteiger partial charge in [0.15, 0.2) is 0 Å². The van der Waals surface area contributed by atoms with Crippen LogP contribution < -0.4 is 10.3 Å². The molecule has 0 aliphatic rings. The van der Waals surface area contributed by atoms with Crippen LogP contribution in [0, 0.1) is 6.92 Å². The Labute approximate surface area is 129 Å². The van der Waals surface area contributed by atoms with Crippen molar-refractivity contribution >= 4 is 0 Å². The molecule has 1 N–H and O–H groups in total. The van der Waals surface area contributed by atoms with Crippen LogP contribution in [0.15, 0.2) is 71.7 Å². The van der Waals surface area contributed by atoms with E-state index in [1.54, 1.807) is 6.20 Å². The van der Waals surface area contributed by atoms with E-state index in [9.17, 15) is 4.79 Å². The number of H-pyrrole nitrogens is 1. The van der Waals surface area contributed by atoms with E-state index < -0.39 is 0 Å². The van der Waals surface area contributed by atoms with Crippen molar-refractivity contribution in [2.45, 2.75) is 13.5 Å². The molecule has 3 heteroatoms. The van der Waals surface area contributed by atoms with Gasteiger partial charge >= 0.3 is 0 Å². The maximum atomic E-state index is 11.1. The topological polar surface area (TPSA) is 42.1 Å². The summed E-state index contributed by atoms with van der Waals surface area (Å²) in [5, 5.41) is 0. The van der Waals surface area contributed by atoms with Crippen molar-refractivity contribution < 1.29 is 4.74 Å². The fourth-order valence-electron chi connectivity index (χ4n) is 2.32. The average molecular weight is 291 g/mol. The standard InChI is InChI=1S/C19H17NO2/c1-14-11-16(17-8-10-19(21)20-12-17)7-9-18(14)22-13-15-5-3-2-4-6-15/h2-12H,13H2,1H3,(H,20,21). The Hall–Kier alpha value is -2.81. The molecule has 0 aliphatic carbocycles. The monoisotopic (exact) mass is 291 g/mol. The molecule has 0 saturated heterocycles. The van der Waals surface area contributed by atoms with Gasteiger partial charge in [0.05, 0.1) is 0 Å².